The lowest BCUT2D eigenvalue weighted by atomic mass is 10.2. The molecule has 4 nitrogen and oxygen atoms in total. The van der Waals surface area contributed by atoms with Crippen LogP contribution in [0.1, 0.15) is 10.4 Å². The zero-order chi connectivity index (χ0) is 10.8. The molecular weight excluding hydrogens is 203 g/mol. The minimum Gasteiger partial charge on any atom is -0.505 e. The number of carbonyl (C=O) groups excluding carboxylic acids is 1. The molecule has 0 aliphatic heterocycles. The average Bonchev–Trinajstić information content (AvgIpc) is 2.01. The van der Waals surface area contributed by atoms with Crippen LogP contribution in [0, 0.1) is 0 Å². The Morgan fingerprint density at radius 1 is 1.43 bits per heavy atom. The Morgan fingerprint density at radius 2 is 2.07 bits per heavy atom. The highest BCUT2D eigenvalue weighted by molar-refractivity contribution is 5.82. The molecule has 0 saturated heterocycles. The summed E-state index contributed by atoms with van der Waals surface area (Å²) in [6.45, 7) is 0. The molecule has 0 unspecified atom stereocenters. The van der Waals surface area contributed by atoms with Crippen molar-refractivity contribution >= 4 is 6.29 Å². The molecule has 0 spiro atoms. The minimum absolute atomic E-state index is 0.0537. The molecule has 0 bridgehead atoms. The van der Waals surface area contributed by atoms with E-state index in [9.17, 15) is 18.0 Å². The van der Waals surface area contributed by atoms with E-state index in [2.05, 4.69) is 9.72 Å². The third kappa shape index (κ3) is 2.35. The molecule has 0 aliphatic carbocycles. The van der Waals surface area contributed by atoms with Crippen molar-refractivity contribution in [3.05, 3.63) is 18.0 Å². The lowest BCUT2D eigenvalue weighted by molar-refractivity contribution is -0.274. The number of halogens is 3. The van der Waals surface area contributed by atoms with Crippen LogP contribution in [0.15, 0.2) is 12.4 Å². The second-order valence-corrected chi connectivity index (χ2v) is 2.24. The van der Waals surface area contributed by atoms with Gasteiger partial charge in [-0.25, -0.2) is 0 Å². The quantitative estimate of drug-likeness (QED) is 0.746. The molecule has 7 heteroatoms. The lowest BCUT2D eigenvalue weighted by Gasteiger charge is -2.10. The Labute approximate surface area is 75.9 Å². The molecule has 1 heterocycles. The van der Waals surface area contributed by atoms with Gasteiger partial charge in [0.1, 0.15) is 11.3 Å². The first kappa shape index (κ1) is 10.3. The standard InChI is InChI=1S/C7H4F3NO3/c8-7(9,10)14-6-2-11-1-5(13)4(6)3-12/h1-3,13H. The first-order valence-electron chi connectivity index (χ1n) is 3.32. The van der Waals surface area contributed by atoms with Crippen molar-refractivity contribution in [3.8, 4) is 11.5 Å². The Hall–Kier alpha value is -1.79. The van der Waals surface area contributed by atoms with Gasteiger partial charge < -0.3 is 9.84 Å². The number of ether oxygens (including phenoxy) is 1. The number of rotatable bonds is 2. The number of aldehydes is 1. The number of hydrogen-bond acceptors (Lipinski definition) is 4. The molecular formula is C7H4F3NO3. The SMILES string of the molecule is O=Cc1c(O)cncc1OC(F)(F)F. The van der Waals surface area contributed by atoms with Crippen molar-refractivity contribution in [3.63, 3.8) is 0 Å². The van der Waals surface area contributed by atoms with Gasteiger partial charge in [0, 0.05) is 0 Å². The van der Waals surface area contributed by atoms with Crippen LogP contribution in [0.4, 0.5) is 13.2 Å². The number of pyridine rings is 1. The second kappa shape index (κ2) is 3.52. The maximum Gasteiger partial charge on any atom is 0.573 e. The van der Waals surface area contributed by atoms with E-state index < -0.39 is 23.4 Å². The molecule has 0 aliphatic rings. The number of alkyl halides is 3. The van der Waals surface area contributed by atoms with E-state index >= 15 is 0 Å². The van der Waals surface area contributed by atoms with E-state index in [1.165, 1.54) is 0 Å². The van der Waals surface area contributed by atoms with Gasteiger partial charge in [0.25, 0.3) is 0 Å². The highest BCUT2D eigenvalue weighted by Crippen LogP contribution is 2.28. The van der Waals surface area contributed by atoms with Crippen LogP contribution >= 0.6 is 0 Å². The molecule has 1 aromatic heterocycles. The highest BCUT2D eigenvalue weighted by Gasteiger charge is 2.32. The summed E-state index contributed by atoms with van der Waals surface area (Å²) in [4.78, 5) is 13.5. The summed E-state index contributed by atoms with van der Waals surface area (Å²) >= 11 is 0. The number of aromatic nitrogens is 1. The van der Waals surface area contributed by atoms with Crippen molar-refractivity contribution in [2.24, 2.45) is 0 Å². The smallest absolute Gasteiger partial charge is 0.505 e. The average molecular weight is 207 g/mol. The van der Waals surface area contributed by atoms with Gasteiger partial charge in [-0.1, -0.05) is 0 Å². The van der Waals surface area contributed by atoms with E-state index in [-0.39, 0.29) is 6.29 Å². The first-order valence-corrected chi connectivity index (χ1v) is 3.32. The summed E-state index contributed by atoms with van der Waals surface area (Å²) in [7, 11) is 0. The number of nitrogens with zero attached hydrogens (tertiary/aromatic N) is 1. The number of aromatic hydroxyl groups is 1. The van der Waals surface area contributed by atoms with Crippen LogP contribution in [0.3, 0.4) is 0 Å². The molecule has 76 valence electrons. The van der Waals surface area contributed by atoms with E-state index in [0.29, 0.717) is 6.20 Å². The fourth-order valence-electron chi connectivity index (χ4n) is 0.765. The second-order valence-electron chi connectivity index (χ2n) is 2.24. The van der Waals surface area contributed by atoms with Crippen LogP contribution in [0.2, 0.25) is 0 Å². The molecule has 1 aromatic rings. The largest absolute Gasteiger partial charge is 0.573 e. The molecule has 0 atom stereocenters. The van der Waals surface area contributed by atoms with E-state index in [4.69, 9.17) is 5.11 Å². The van der Waals surface area contributed by atoms with Crippen LogP contribution in [0.5, 0.6) is 11.5 Å². The van der Waals surface area contributed by atoms with Gasteiger partial charge in [0.2, 0.25) is 0 Å². The van der Waals surface area contributed by atoms with Crippen LogP contribution in [-0.4, -0.2) is 22.7 Å². The fraction of sp³-hybridized carbons (Fsp3) is 0.143. The van der Waals surface area contributed by atoms with Crippen molar-refractivity contribution in [2.45, 2.75) is 6.36 Å². The molecule has 0 amide bonds. The summed E-state index contributed by atoms with van der Waals surface area (Å²) in [6, 6.07) is 0. The highest BCUT2D eigenvalue weighted by atomic mass is 19.4. The van der Waals surface area contributed by atoms with Gasteiger partial charge in [-0.3, -0.25) is 9.78 Å². The van der Waals surface area contributed by atoms with Crippen LogP contribution in [-0.2, 0) is 0 Å². The van der Waals surface area contributed by atoms with Gasteiger partial charge >= 0.3 is 6.36 Å². The van der Waals surface area contributed by atoms with E-state index in [1.54, 1.807) is 0 Å². The molecule has 0 fully saturated rings. The fourth-order valence-corrected chi connectivity index (χ4v) is 0.765. The van der Waals surface area contributed by atoms with Crippen molar-refractivity contribution in [1.82, 2.24) is 4.98 Å². The molecule has 0 radical (unpaired) electrons. The van der Waals surface area contributed by atoms with Gasteiger partial charge in [0.15, 0.2) is 12.0 Å². The first-order chi connectivity index (χ1) is 6.44. The van der Waals surface area contributed by atoms with Gasteiger partial charge in [-0.15, -0.1) is 13.2 Å². The summed E-state index contributed by atoms with van der Waals surface area (Å²) in [5.74, 6) is -1.49. The predicted molar refractivity (Wildman–Crippen MR) is 38.0 cm³/mol. The van der Waals surface area contributed by atoms with E-state index in [1.807, 2.05) is 0 Å². The van der Waals surface area contributed by atoms with Crippen molar-refractivity contribution < 1.29 is 27.8 Å². The van der Waals surface area contributed by atoms with Gasteiger partial charge in [-0.05, 0) is 0 Å². The molecule has 1 rings (SSSR count). The Balaban J connectivity index is 3.08. The molecule has 0 saturated carbocycles. The Kier molecular flexibility index (Phi) is 2.59. The van der Waals surface area contributed by atoms with Crippen LogP contribution < -0.4 is 4.74 Å². The number of hydrogen-bond donors (Lipinski definition) is 1. The lowest BCUT2D eigenvalue weighted by Crippen LogP contribution is -2.18. The van der Waals surface area contributed by atoms with Crippen LogP contribution in [0.25, 0.3) is 0 Å². The maximum absolute atomic E-state index is 11.7. The van der Waals surface area contributed by atoms with Gasteiger partial charge in [0.05, 0.1) is 12.4 Å². The maximum atomic E-state index is 11.7. The summed E-state index contributed by atoms with van der Waals surface area (Å²) < 4.78 is 38.7. The predicted octanol–water partition coefficient (Wildman–Crippen LogP) is 1.50. The summed E-state index contributed by atoms with van der Waals surface area (Å²) in [6.07, 6.45) is -3.34. The summed E-state index contributed by atoms with van der Waals surface area (Å²) in [5.41, 5.74) is -0.586. The third-order valence-corrected chi connectivity index (χ3v) is 1.27. The molecule has 14 heavy (non-hydrogen) atoms. The topological polar surface area (TPSA) is 59.4 Å². The third-order valence-electron chi connectivity index (χ3n) is 1.27. The minimum atomic E-state index is -4.92. The molecule has 1 N–H and O–H groups in total. The number of carbonyl (C=O) groups is 1. The zero-order valence-corrected chi connectivity index (χ0v) is 6.58. The van der Waals surface area contributed by atoms with Crippen molar-refractivity contribution in [1.29, 1.82) is 0 Å². The monoisotopic (exact) mass is 207 g/mol. The van der Waals surface area contributed by atoms with E-state index in [0.717, 1.165) is 6.20 Å². The Morgan fingerprint density at radius 3 is 2.57 bits per heavy atom. The normalized spacial score (nSPS) is 11.1. The molecule has 0 aromatic carbocycles. The Bertz CT molecular complexity index is 351. The zero-order valence-electron chi connectivity index (χ0n) is 6.58. The van der Waals surface area contributed by atoms with Crippen molar-refractivity contribution in [2.75, 3.05) is 0 Å². The summed E-state index contributed by atoms with van der Waals surface area (Å²) in [5, 5.41) is 8.95. The van der Waals surface area contributed by atoms with Gasteiger partial charge in [-0.2, -0.15) is 0 Å².